The second kappa shape index (κ2) is 4.67. The Bertz CT molecular complexity index is 324. The number of hydrogen-bond donors (Lipinski definition) is 0. The number of para-hydroxylation sites is 1. The van der Waals surface area contributed by atoms with Crippen LogP contribution >= 0.6 is 0 Å². The Morgan fingerprint density at radius 1 is 1.33 bits per heavy atom. The minimum absolute atomic E-state index is 0.639. The van der Waals surface area contributed by atoms with Crippen LogP contribution in [0.4, 0.5) is 0 Å². The zero-order valence-electron chi connectivity index (χ0n) is 9.57. The van der Waals surface area contributed by atoms with Gasteiger partial charge in [-0.3, -0.25) is 0 Å². The van der Waals surface area contributed by atoms with Crippen molar-refractivity contribution in [3.05, 3.63) is 29.8 Å². The summed E-state index contributed by atoms with van der Waals surface area (Å²) < 4.78 is 5.42. The van der Waals surface area contributed by atoms with E-state index >= 15 is 0 Å². The van der Waals surface area contributed by atoms with Crippen molar-refractivity contribution in [3.63, 3.8) is 0 Å². The van der Waals surface area contributed by atoms with Crippen molar-refractivity contribution < 1.29 is 4.74 Å². The smallest absolute Gasteiger partial charge is 0.122 e. The topological polar surface area (TPSA) is 12.5 Å². The van der Waals surface area contributed by atoms with Gasteiger partial charge in [0.25, 0.3) is 0 Å². The quantitative estimate of drug-likeness (QED) is 0.735. The number of likely N-dealkylation sites (tertiary alicyclic amines) is 1. The van der Waals surface area contributed by atoms with E-state index in [0.29, 0.717) is 5.92 Å². The van der Waals surface area contributed by atoms with Crippen LogP contribution in [-0.4, -0.2) is 32.1 Å². The highest BCUT2D eigenvalue weighted by molar-refractivity contribution is 5.36. The van der Waals surface area contributed by atoms with Crippen LogP contribution in [0.5, 0.6) is 5.75 Å². The second-order valence-electron chi connectivity index (χ2n) is 4.34. The van der Waals surface area contributed by atoms with Gasteiger partial charge in [-0.25, -0.2) is 0 Å². The van der Waals surface area contributed by atoms with E-state index in [1.54, 1.807) is 7.11 Å². The number of piperidine rings is 1. The summed E-state index contributed by atoms with van der Waals surface area (Å²) in [7, 11) is 3.95. The van der Waals surface area contributed by atoms with Crippen molar-refractivity contribution in [3.8, 4) is 5.75 Å². The van der Waals surface area contributed by atoms with Crippen molar-refractivity contribution in [2.24, 2.45) is 0 Å². The van der Waals surface area contributed by atoms with Crippen LogP contribution in [-0.2, 0) is 0 Å². The summed E-state index contributed by atoms with van der Waals surface area (Å²) in [6.07, 6.45) is 2.57. The molecule has 0 bridgehead atoms. The van der Waals surface area contributed by atoms with E-state index in [2.05, 4.69) is 30.1 Å². The highest BCUT2D eigenvalue weighted by atomic mass is 16.5. The average molecular weight is 205 g/mol. The minimum Gasteiger partial charge on any atom is -0.496 e. The molecule has 1 aliphatic rings. The highest BCUT2D eigenvalue weighted by Crippen LogP contribution is 2.32. The van der Waals surface area contributed by atoms with Gasteiger partial charge in [0.05, 0.1) is 7.11 Å². The summed E-state index contributed by atoms with van der Waals surface area (Å²) in [5.74, 6) is 1.68. The molecule has 0 N–H and O–H groups in total. The van der Waals surface area contributed by atoms with Crippen LogP contribution in [0.3, 0.4) is 0 Å². The summed E-state index contributed by atoms with van der Waals surface area (Å²) in [5, 5.41) is 0. The fraction of sp³-hybridized carbons (Fsp3) is 0.538. The van der Waals surface area contributed by atoms with Crippen LogP contribution in [0.25, 0.3) is 0 Å². The molecule has 2 rings (SSSR count). The van der Waals surface area contributed by atoms with Gasteiger partial charge in [-0.15, -0.1) is 0 Å². The Morgan fingerprint density at radius 3 is 2.87 bits per heavy atom. The lowest BCUT2D eigenvalue weighted by Gasteiger charge is -2.30. The van der Waals surface area contributed by atoms with E-state index in [-0.39, 0.29) is 0 Å². The predicted octanol–water partition coefficient (Wildman–Crippen LogP) is 2.50. The van der Waals surface area contributed by atoms with E-state index in [0.717, 1.165) is 12.3 Å². The first kappa shape index (κ1) is 10.5. The Hall–Kier alpha value is -1.02. The van der Waals surface area contributed by atoms with Gasteiger partial charge >= 0.3 is 0 Å². The monoisotopic (exact) mass is 205 g/mol. The van der Waals surface area contributed by atoms with Gasteiger partial charge in [0.15, 0.2) is 0 Å². The minimum atomic E-state index is 0.639. The third kappa shape index (κ3) is 2.32. The first-order valence-corrected chi connectivity index (χ1v) is 5.62. The van der Waals surface area contributed by atoms with Gasteiger partial charge in [0, 0.05) is 12.5 Å². The Balaban J connectivity index is 2.20. The van der Waals surface area contributed by atoms with Gasteiger partial charge in [-0.1, -0.05) is 18.2 Å². The Kier molecular flexibility index (Phi) is 3.27. The zero-order valence-corrected chi connectivity index (χ0v) is 9.57. The fourth-order valence-electron chi connectivity index (χ4n) is 2.42. The number of hydrogen-bond acceptors (Lipinski definition) is 2. The van der Waals surface area contributed by atoms with E-state index in [1.165, 1.54) is 24.9 Å². The molecule has 0 unspecified atom stereocenters. The number of likely N-dealkylation sites (N-methyl/N-ethyl adjacent to an activating group) is 1. The summed E-state index contributed by atoms with van der Waals surface area (Å²) in [6, 6.07) is 8.40. The van der Waals surface area contributed by atoms with E-state index in [9.17, 15) is 0 Å². The molecule has 1 heterocycles. The number of methoxy groups -OCH3 is 1. The molecule has 1 atom stereocenters. The van der Waals surface area contributed by atoms with Gasteiger partial charge in [0.2, 0.25) is 0 Å². The van der Waals surface area contributed by atoms with Crippen molar-refractivity contribution in [2.75, 3.05) is 27.2 Å². The van der Waals surface area contributed by atoms with Gasteiger partial charge < -0.3 is 9.64 Å². The number of benzene rings is 1. The molecule has 2 heteroatoms. The van der Waals surface area contributed by atoms with Crippen molar-refractivity contribution in [2.45, 2.75) is 18.8 Å². The van der Waals surface area contributed by atoms with E-state index in [1.807, 2.05) is 6.07 Å². The maximum Gasteiger partial charge on any atom is 0.122 e. The molecule has 82 valence electrons. The van der Waals surface area contributed by atoms with Crippen molar-refractivity contribution in [1.29, 1.82) is 0 Å². The first-order chi connectivity index (χ1) is 7.31. The lowest BCUT2D eigenvalue weighted by molar-refractivity contribution is 0.247. The first-order valence-electron chi connectivity index (χ1n) is 5.62. The molecule has 1 fully saturated rings. The van der Waals surface area contributed by atoms with Crippen LogP contribution < -0.4 is 4.74 Å². The molecular weight excluding hydrogens is 186 g/mol. The van der Waals surface area contributed by atoms with Gasteiger partial charge in [-0.2, -0.15) is 0 Å². The summed E-state index contributed by atoms with van der Waals surface area (Å²) in [6.45, 7) is 2.38. The SMILES string of the molecule is COc1ccccc1[C@@H]1CCCN(C)C1. The van der Waals surface area contributed by atoms with Crippen LogP contribution in [0, 0.1) is 0 Å². The largest absolute Gasteiger partial charge is 0.496 e. The molecule has 1 aliphatic heterocycles. The molecule has 0 saturated carbocycles. The van der Waals surface area contributed by atoms with Crippen LogP contribution in [0.1, 0.15) is 24.3 Å². The number of ether oxygens (including phenoxy) is 1. The lowest BCUT2D eigenvalue weighted by atomic mass is 9.90. The molecule has 15 heavy (non-hydrogen) atoms. The predicted molar refractivity (Wildman–Crippen MR) is 62.5 cm³/mol. The molecule has 1 saturated heterocycles. The van der Waals surface area contributed by atoms with Crippen LogP contribution in [0.15, 0.2) is 24.3 Å². The highest BCUT2D eigenvalue weighted by Gasteiger charge is 2.21. The van der Waals surface area contributed by atoms with Crippen molar-refractivity contribution >= 4 is 0 Å². The maximum atomic E-state index is 5.42. The molecular formula is C13H19NO. The molecule has 2 nitrogen and oxygen atoms in total. The summed E-state index contributed by atoms with van der Waals surface area (Å²) in [5.41, 5.74) is 1.37. The maximum absolute atomic E-state index is 5.42. The molecule has 0 spiro atoms. The Morgan fingerprint density at radius 2 is 2.13 bits per heavy atom. The molecule has 0 amide bonds. The molecule has 0 radical (unpaired) electrons. The van der Waals surface area contributed by atoms with Gasteiger partial charge in [-0.05, 0) is 38.1 Å². The van der Waals surface area contributed by atoms with Crippen molar-refractivity contribution in [1.82, 2.24) is 4.90 Å². The molecule has 0 aliphatic carbocycles. The molecule has 1 aromatic rings. The Labute approximate surface area is 91.9 Å². The number of rotatable bonds is 2. The standard InChI is InChI=1S/C13H19NO/c1-14-9-5-6-11(10-14)12-7-3-4-8-13(12)15-2/h3-4,7-8,11H,5-6,9-10H2,1-2H3/t11-/m1/s1. The van der Waals surface area contributed by atoms with Gasteiger partial charge in [0.1, 0.15) is 5.75 Å². The third-order valence-electron chi connectivity index (χ3n) is 3.20. The van der Waals surface area contributed by atoms with E-state index in [4.69, 9.17) is 4.74 Å². The number of nitrogens with zero attached hydrogens (tertiary/aromatic N) is 1. The van der Waals surface area contributed by atoms with E-state index < -0.39 is 0 Å². The average Bonchev–Trinajstić information content (AvgIpc) is 2.29. The zero-order chi connectivity index (χ0) is 10.7. The third-order valence-corrected chi connectivity index (χ3v) is 3.20. The molecule has 1 aromatic carbocycles. The summed E-state index contributed by atoms with van der Waals surface area (Å²) >= 11 is 0. The van der Waals surface area contributed by atoms with Crippen LogP contribution in [0.2, 0.25) is 0 Å². The normalized spacial score (nSPS) is 22.7. The lowest BCUT2D eigenvalue weighted by Crippen LogP contribution is -2.30. The summed E-state index contributed by atoms with van der Waals surface area (Å²) in [4.78, 5) is 2.40. The second-order valence-corrected chi connectivity index (χ2v) is 4.34. The molecule has 0 aromatic heterocycles. The fourth-order valence-corrected chi connectivity index (χ4v) is 2.42.